The van der Waals surface area contributed by atoms with Gasteiger partial charge < -0.3 is 4.90 Å². The number of allylic oxidation sites excluding steroid dienone is 2. The Morgan fingerprint density at radius 2 is 1.21 bits per heavy atom. The first-order chi connectivity index (χ1) is 23.8. The highest BCUT2D eigenvalue weighted by Crippen LogP contribution is 2.70. The molecule has 0 saturated carbocycles. The molecular formula is C47H33N. The van der Waals surface area contributed by atoms with Crippen LogP contribution < -0.4 is 15.3 Å². The van der Waals surface area contributed by atoms with Gasteiger partial charge in [0.05, 0.1) is 11.5 Å². The van der Waals surface area contributed by atoms with Crippen molar-refractivity contribution in [3.8, 4) is 22.3 Å². The second kappa shape index (κ2) is 9.69. The van der Waals surface area contributed by atoms with Gasteiger partial charge in [-0.05, 0) is 103 Å². The molecule has 6 aromatic rings. The van der Waals surface area contributed by atoms with E-state index in [0.29, 0.717) is 5.92 Å². The molecule has 0 radical (unpaired) electrons. The summed E-state index contributed by atoms with van der Waals surface area (Å²) in [4.78, 5) is 2.63. The van der Waals surface area contributed by atoms with Gasteiger partial charge in [0.25, 0.3) is 0 Å². The average Bonchev–Trinajstić information content (AvgIpc) is 3.75. The largest absolute Gasteiger partial charge is 0.334 e. The van der Waals surface area contributed by atoms with Gasteiger partial charge in [-0.3, -0.25) is 0 Å². The van der Waals surface area contributed by atoms with Crippen molar-refractivity contribution in [3.05, 3.63) is 196 Å². The number of para-hydroxylation sites is 2. The Morgan fingerprint density at radius 1 is 0.562 bits per heavy atom. The number of hydrogen-bond acceptors (Lipinski definition) is 1. The summed E-state index contributed by atoms with van der Waals surface area (Å²) in [6, 6.07) is 52.3. The Morgan fingerprint density at radius 3 is 2.06 bits per heavy atom. The Labute approximate surface area is 281 Å². The van der Waals surface area contributed by atoms with Crippen LogP contribution in [0, 0.1) is 0 Å². The van der Waals surface area contributed by atoms with Gasteiger partial charge in [0.2, 0.25) is 0 Å². The van der Waals surface area contributed by atoms with E-state index in [9.17, 15) is 0 Å². The van der Waals surface area contributed by atoms with E-state index in [1.165, 1.54) is 77.5 Å². The third-order valence-corrected chi connectivity index (χ3v) is 11.7. The molecule has 3 unspecified atom stereocenters. The lowest BCUT2D eigenvalue weighted by atomic mass is 9.70. The molecule has 0 aliphatic heterocycles. The van der Waals surface area contributed by atoms with Crippen molar-refractivity contribution in [2.45, 2.75) is 30.2 Å². The molecule has 1 nitrogen and oxygen atoms in total. The standard InChI is InChI=1S/C47H33N/c1-2-14-33(15-3-1)48(44-23-9-7-16-35(44)32-25-24-30-12-4-5-13-31(30)28-32)34-26-27-37-39-19-11-21-41-40-20-10-18-38-36-17-6-8-22-42(36)47(45(38)40,46(39)41)43(37)29-34/h1-24,26-28,32,34H,25,29H2. The maximum Gasteiger partial charge on any atom is 0.0701 e. The van der Waals surface area contributed by atoms with Gasteiger partial charge in [-0.1, -0.05) is 146 Å². The first-order valence-electron chi connectivity index (χ1n) is 17.3. The molecule has 0 aromatic heterocycles. The van der Waals surface area contributed by atoms with Crippen LogP contribution in [0.25, 0.3) is 40.0 Å². The molecule has 226 valence electrons. The lowest BCUT2D eigenvalue weighted by Gasteiger charge is -2.39. The van der Waals surface area contributed by atoms with Crippen molar-refractivity contribution < 1.29 is 0 Å². The lowest BCUT2D eigenvalue weighted by molar-refractivity contribution is 0.670. The van der Waals surface area contributed by atoms with Gasteiger partial charge >= 0.3 is 0 Å². The Balaban J connectivity index is 1.10. The Bertz CT molecular complexity index is 2520. The Kier molecular flexibility index (Phi) is 5.33. The number of hydrogen-bond donors (Lipinski definition) is 0. The maximum absolute atomic E-state index is 2.63. The minimum Gasteiger partial charge on any atom is -0.334 e. The number of rotatable bonds is 4. The summed E-state index contributed by atoms with van der Waals surface area (Å²) in [5.41, 5.74) is 18.2. The van der Waals surface area contributed by atoms with Crippen molar-refractivity contribution in [2.24, 2.45) is 0 Å². The predicted octanol–water partition coefficient (Wildman–Crippen LogP) is 9.66. The van der Waals surface area contributed by atoms with Crippen molar-refractivity contribution in [1.29, 1.82) is 0 Å². The van der Waals surface area contributed by atoms with E-state index in [4.69, 9.17) is 0 Å². The summed E-state index contributed by atoms with van der Waals surface area (Å²) in [7, 11) is 0. The van der Waals surface area contributed by atoms with Gasteiger partial charge in [0.15, 0.2) is 0 Å². The predicted molar refractivity (Wildman–Crippen MR) is 199 cm³/mol. The van der Waals surface area contributed by atoms with Gasteiger partial charge in [0, 0.05) is 17.3 Å². The topological polar surface area (TPSA) is 3.24 Å². The van der Waals surface area contributed by atoms with Crippen LogP contribution in [-0.2, 0) is 5.41 Å². The summed E-state index contributed by atoms with van der Waals surface area (Å²) in [5.74, 6) is 0.313. The van der Waals surface area contributed by atoms with Crippen molar-refractivity contribution in [3.63, 3.8) is 0 Å². The quantitative estimate of drug-likeness (QED) is 0.192. The summed E-state index contributed by atoms with van der Waals surface area (Å²) in [6.07, 6.45) is 11.8. The van der Waals surface area contributed by atoms with Crippen LogP contribution in [0.15, 0.2) is 157 Å². The highest BCUT2D eigenvalue weighted by molar-refractivity contribution is 6.06. The molecule has 5 aliphatic rings. The third-order valence-electron chi connectivity index (χ3n) is 11.7. The zero-order chi connectivity index (χ0) is 31.4. The molecule has 0 amide bonds. The van der Waals surface area contributed by atoms with E-state index in [0.717, 1.165) is 12.8 Å². The zero-order valence-corrected chi connectivity index (χ0v) is 26.6. The van der Waals surface area contributed by atoms with Crippen molar-refractivity contribution in [2.75, 3.05) is 4.90 Å². The second-order valence-corrected chi connectivity index (χ2v) is 13.9. The van der Waals surface area contributed by atoms with E-state index < -0.39 is 0 Å². The molecule has 0 heterocycles. The molecule has 0 bridgehead atoms. The Hall–Kier alpha value is -5.66. The van der Waals surface area contributed by atoms with Gasteiger partial charge in [-0.25, -0.2) is 0 Å². The molecule has 11 rings (SSSR count). The van der Waals surface area contributed by atoms with E-state index in [-0.39, 0.29) is 11.5 Å². The average molecular weight is 612 g/mol. The minimum absolute atomic E-state index is 0.156. The fraction of sp³-hybridized carbons (Fsp3) is 0.106. The SMILES string of the molecule is C1=CC(N(c2ccccc2)c2ccccc2C2C=c3ccccc3=CC2)CC2=C1c1cccc3c1C21c2ccccc2-c2cccc-3c21. The summed E-state index contributed by atoms with van der Waals surface area (Å²) in [5, 5.41) is 2.67. The van der Waals surface area contributed by atoms with E-state index in [1.54, 1.807) is 5.57 Å². The normalized spacial score (nSPS) is 21.4. The number of benzene rings is 6. The zero-order valence-electron chi connectivity index (χ0n) is 26.6. The van der Waals surface area contributed by atoms with Gasteiger partial charge in [-0.2, -0.15) is 0 Å². The van der Waals surface area contributed by atoms with Crippen molar-refractivity contribution in [1.82, 2.24) is 0 Å². The van der Waals surface area contributed by atoms with Crippen LogP contribution >= 0.6 is 0 Å². The van der Waals surface area contributed by atoms with E-state index in [1.807, 2.05) is 0 Å². The smallest absolute Gasteiger partial charge is 0.0701 e. The summed E-state index contributed by atoms with van der Waals surface area (Å²) >= 11 is 0. The van der Waals surface area contributed by atoms with Gasteiger partial charge in [0.1, 0.15) is 0 Å². The highest BCUT2D eigenvalue weighted by atomic mass is 15.2. The summed E-state index contributed by atoms with van der Waals surface area (Å²) in [6.45, 7) is 0. The molecule has 48 heavy (non-hydrogen) atoms. The van der Waals surface area contributed by atoms with Crippen LogP contribution in [0.3, 0.4) is 0 Å². The monoisotopic (exact) mass is 611 g/mol. The molecule has 1 heteroatoms. The van der Waals surface area contributed by atoms with Crippen LogP contribution in [0.2, 0.25) is 0 Å². The minimum atomic E-state index is -0.232. The van der Waals surface area contributed by atoms with Gasteiger partial charge in [-0.15, -0.1) is 0 Å². The lowest BCUT2D eigenvalue weighted by Crippen LogP contribution is -2.36. The second-order valence-electron chi connectivity index (χ2n) is 13.9. The molecule has 6 aromatic carbocycles. The fourth-order valence-electron chi connectivity index (χ4n) is 9.92. The number of nitrogens with zero attached hydrogens (tertiary/aromatic N) is 1. The van der Waals surface area contributed by atoms with Crippen LogP contribution in [0.5, 0.6) is 0 Å². The maximum atomic E-state index is 2.63. The number of anilines is 2. The van der Waals surface area contributed by atoms with Crippen LogP contribution in [-0.4, -0.2) is 6.04 Å². The van der Waals surface area contributed by atoms with E-state index in [2.05, 4.69) is 169 Å². The van der Waals surface area contributed by atoms with E-state index >= 15 is 0 Å². The first kappa shape index (κ1) is 26.4. The third kappa shape index (κ3) is 3.31. The molecule has 0 saturated heterocycles. The molecule has 5 aliphatic carbocycles. The molecule has 0 fully saturated rings. The molecule has 1 spiro atoms. The van der Waals surface area contributed by atoms with Crippen LogP contribution in [0.4, 0.5) is 11.4 Å². The number of fused-ring (bicyclic) bond motifs is 5. The first-order valence-corrected chi connectivity index (χ1v) is 17.3. The molecule has 3 atom stereocenters. The highest BCUT2D eigenvalue weighted by Gasteiger charge is 2.58. The molecule has 0 N–H and O–H groups in total. The molecular weight excluding hydrogens is 579 g/mol. The van der Waals surface area contributed by atoms with Crippen LogP contribution in [0.1, 0.15) is 46.6 Å². The van der Waals surface area contributed by atoms with Crippen molar-refractivity contribution >= 4 is 29.1 Å². The summed E-state index contributed by atoms with van der Waals surface area (Å²) < 4.78 is 0. The fourth-order valence-corrected chi connectivity index (χ4v) is 9.92.